The molecule has 0 saturated carbocycles. The van der Waals surface area contributed by atoms with E-state index >= 15 is 0 Å². The lowest BCUT2D eigenvalue weighted by molar-refractivity contribution is -0.116. The van der Waals surface area contributed by atoms with E-state index in [4.69, 9.17) is 27.9 Å². The Labute approximate surface area is 143 Å². The van der Waals surface area contributed by atoms with Crippen LogP contribution in [0.5, 0.6) is 5.75 Å². The summed E-state index contributed by atoms with van der Waals surface area (Å²) in [6, 6.07) is 10.7. The first-order valence-electron chi connectivity index (χ1n) is 6.84. The fraction of sp³-hybridized carbons (Fsp3) is 0.118. The summed E-state index contributed by atoms with van der Waals surface area (Å²) in [6.07, 6.45) is 2.99. The highest BCUT2D eigenvalue weighted by atomic mass is 35.5. The molecule has 0 aliphatic heterocycles. The lowest BCUT2D eigenvalue weighted by atomic mass is 10.2. The van der Waals surface area contributed by atoms with Crippen molar-refractivity contribution in [2.75, 3.05) is 13.2 Å². The van der Waals surface area contributed by atoms with Crippen molar-refractivity contribution in [3.8, 4) is 5.75 Å². The Morgan fingerprint density at radius 2 is 1.91 bits per heavy atom. The van der Waals surface area contributed by atoms with E-state index in [2.05, 4.69) is 5.32 Å². The van der Waals surface area contributed by atoms with Crippen molar-refractivity contribution in [1.82, 2.24) is 5.32 Å². The second-order valence-corrected chi connectivity index (χ2v) is 5.44. The molecule has 0 fully saturated rings. The molecule has 0 bridgehead atoms. The zero-order valence-electron chi connectivity index (χ0n) is 12.1. The van der Waals surface area contributed by atoms with Crippen LogP contribution in [0, 0.1) is 5.82 Å². The van der Waals surface area contributed by atoms with E-state index in [-0.39, 0.29) is 18.3 Å². The van der Waals surface area contributed by atoms with Crippen LogP contribution in [0.15, 0.2) is 48.5 Å². The Kier molecular flexibility index (Phi) is 6.44. The van der Waals surface area contributed by atoms with Gasteiger partial charge in [-0.15, -0.1) is 0 Å². The van der Waals surface area contributed by atoms with Crippen molar-refractivity contribution in [2.24, 2.45) is 0 Å². The van der Waals surface area contributed by atoms with E-state index in [1.807, 2.05) is 0 Å². The van der Waals surface area contributed by atoms with Gasteiger partial charge in [-0.25, -0.2) is 4.39 Å². The molecule has 0 heterocycles. The summed E-state index contributed by atoms with van der Waals surface area (Å²) >= 11 is 11.8. The van der Waals surface area contributed by atoms with Crippen LogP contribution >= 0.6 is 23.2 Å². The molecule has 3 nitrogen and oxygen atoms in total. The third kappa shape index (κ3) is 5.93. The van der Waals surface area contributed by atoms with Gasteiger partial charge >= 0.3 is 0 Å². The van der Waals surface area contributed by atoms with E-state index in [9.17, 15) is 9.18 Å². The highest BCUT2D eigenvalue weighted by molar-refractivity contribution is 6.35. The maximum absolute atomic E-state index is 12.7. The van der Waals surface area contributed by atoms with Crippen LogP contribution in [0.3, 0.4) is 0 Å². The summed E-state index contributed by atoms with van der Waals surface area (Å²) in [5.74, 6) is -0.0421. The van der Waals surface area contributed by atoms with E-state index in [0.29, 0.717) is 27.9 Å². The second-order valence-electron chi connectivity index (χ2n) is 4.59. The molecule has 0 aromatic heterocycles. The van der Waals surface area contributed by atoms with Gasteiger partial charge in [0, 0.05) is 16.1 Å². The third-order valence-electron chi connectivity index (χ3n) is 2.86. The molecule has 0 aliphatic carbocycles. The van der Waals surface area contributed by atoms with E-state index in [1.54, 1.807) is 24.3 Å². The summed E-state index contributed by atoms with van der Waals surface area (Å²) in [6.45, 7) is 0.613. The normalized spacial score (nSPS) is 10.7. The fourth-order valence-electron chi connectivity index (χ4n) is 1.73. The average Bonchev–Trinajstić information content (AvgIpc) is 2.52. The molecule has 0 spiro atoms. The summed E-state index contributed by atoms with van der Waals surface area (Å²) in [5.41, 5.74) is 0.703. The Morgan fingerprint density at radius 3 is 2.61 bits per heavy atom. The maximum atomic E-state index is 12.7. The van der Waals surface area contributed by atoms with Gasteiger partial charge in [-0.05, 0) is 48.0 Å². The molecule has 0 saturated heterocycles. The van der Waals surface area contributed by atoms with Gasteiger partial charge in [0.1, 0.15) is 18.2 Å². The second kappa shape index (κ2) is 8.56. The first kappa shape index (κ1) is 17.3. The fourth-order valence-corrected chi connectivity index (χ4v) is 2.21. The number of hydrogen-bond donors (Lipinski definition) is 1. The van der Waals surface area contributed by atoms with Gasteiger partial charge in [-0.1, -0.05) is 29.3 Å². The SMILES string of the molecule is O=C(/C=C/c1ccc(Cl)cc1Cl)NCCOc1ccc(F)cc1. The first-order valence-corrected chi connectivity index (χ1v) is 7.59. The van der Waals surface area contributed by atoms with Gasteiger partial charge in [0.2, 0.25) is 5.91 Å². The number of rotatable bonds is 6. The molecule has 1 amide bonds. The molecule has 2 aromatic carbocycles. The molecule has 0 radical (unpaired) electrons. The van der Waals surface area contributed by atoms with Crippen LogP contribution in [-0.2, 0) is 4.79 Å². The molecular formula is C17H14Cl2FNO2. The third-order valence-corrected chi connectivity index (χ3v) is 3.42. The van der Waals surface area contributed by atoms with Crippen LogP contribution in [0.2, 0.25) is 10.0 Å². The smallest absolute Gasteiger partial charge is 0.244 e. The predicted octanol–water partition coefficient (Wildman–Crippen LogP) is 4.34. The van der Waals surface area contributed by atoms with Crippen molar-refractivity contribution in [2.45, 2.75) is 0 Å². The van der Waals surface area contributed by atoms with Gasteiger partial charge in [0.25, 0.3) is 0 Å². The molecule has 6 heteroatoms. The summed E-state index contributed by atoms with van der Waals surface area (Å²) in [4.78, 5) is 11.7. The van der Waals surface area contributed by atoms with Crippen LogP contribution < -0.4 is 10.1 Å². The number of carbonyl (C=O) groups excluding carboxylic acids is 1. The monoisotopic (exact) mass is 353 g/mol. The molecule has 23 heavy (non-hydrogen) atoms. The number of nitrogens with one attached hydrogen (secondary N) is 1. The van der Waals surface area contributed by atoms with E-state index in [0.717, 1.165) is 0 Å². The highest BCUT2D eigenvalue weighted by Gasteiger charge is 2.00. The van der Waals surface area contributed by atoms with Crippen LogP contribution in [-0.4, -0.2) is 19.1 Å². The standard InChI is InChI=1S/C17H14Cl2FNO2/c18-13-3-1-12(16(19)11-13)2-8-17(22)21-9-10-23-15-6-4-14(20)5-7-15/h1-8,11H,9-10H2,(H,21,22)/b8-2+. The number of hydrogen-bond acceptors (Lipinski definition) is 2. The van der Waals surface area contributed by atoms with Gasteiger partial charge in [0.15, 0.2) is 0 Å². The average molecular weight is 354 g/mol. The Morgan fingerprint density at radius 1 is 1.17 bits per heavy atom. The summed E-state index contributed by atoms with van der Waals surface area (Å²) in [7, 11) is 0. The number of carbonyl (C=O) groups is 1. The van der Waals surface area contributed by atoms with Gasteiger partial charge in [-0.2, -0.15) is 0 Å². The van der Waals surface area contributed by atoms with Gasteiger partial charge in [-0.3, -0.25) is 4.79 Å². The maximum Gasteiger partial charge on any atom is 0.244 e. The predicted molar refractivity (Wildman–Crippen MR) is 90.4 cm³/mol. The van der Waals surface area contributed by atoms with Crippen molar-refractivity contribution in [1.29, 1.82) is 0 Å². The lowest BCUT2D eigenvalue weighted by Crippen LogP contribution is -2.26. The highest BCUT2D eigenvalue weighted by Crippen LogP contribution is 2.21. The van der Waals surface area contributed by atoms with Crippen LogP contribution in [0.4, 0.5) is 4.39 Å². The zero-order valence-corrected chi connectivity index (χ0v) is 13.6. The number of amides is 1. The van der Waals surface area contributed by atoms with Crippen LogP contribution in [0.1, 0.15) is 5.56 Å². The van der Waals surface area contributed by atoms with Crippen molar-refractivity contribution in [3.05, 3.63) is 70.0 Å². The minimum Gasteiger partial charge on any atom is -0.492 e. The Hall–Kier alpha value is -2.04. The van der Waals surface area contributed by atoms with Crippen molar-refractivity contribution >= 4 is 35.2 Å². The number of ether oxygens (including phenoxy) is 1. The quantitative estimate of drug-likeness (QED) is 0.619. The number of benzene rings is 2. The lowest BCUT2D eigenvalue weighted by Gasteiger charge is -2.06. The Bertz CT molecular complexity index is 702. The summed E-state index contributed by atoms with van der Waals surface area (Å²) in [5, 5.41) is 3.68. The molecule has 120 valence electrons. The molecule has 0 atom stereocenters. The molecule has 0 unspecified atom stereocenters. The van der Waals surface area contributed by atoms with Crippen molar-refractivity contribution in [3.63, 3.8) is 0 Å². The van der Waals surface area contributed by atoms with E-state index in [1.165, 1.54) is 30.3 Å². The minimum atomic E-state index is -0.323. The zero-order chi connectivity index (χ0) is 16.7. The largest absolute Gasteiger partial charge is 0.492 e. The van der Waals surface area contributed by atoms with Crippen LogP contribution in [0.25, 0.3) is 6.08 Å². The molecule has 2 rings (SSSR count). The first-order chi connectivity index (χ1) is 11.0. The van der Waals surface area contributed by atoms with Crippen molar-refractivity contribution < 1.29 is 13.9 Å². The molecule has 1 N–H and O–H groups in total. The van der Waals surface area contributed by atoms with E-state index < -0.39 is 0 Å². The van der Waals surface area contributed by atoms with Gasteiger partial charge < -0.3 is 10.1 Å². The Balaban J connectivity index is 1.74. The number of halogens is 3. The van der Waals surface area contributed by atoms with Gasteiger partial charge in [0.05, 0.1) is 6.54 Å². The molecule has 2 aromatic rings. The minimum absolute atomic E-state index is 0.265. The molecule has 0 aliphatic rings. The topological polar surface area (TPSA) is 38.3 Å². The summed E-state index contributed by atoms with van der Waals surface area (Å²) < 4.78 is 18.1. The molecular weight excluding hydrogens is 340 g/mol.